The summed E-state index contributed by atoms with van der Waals surface area (Å²) in [5.74, 6) is 0. The first-order chi connectivity index (χ1) is 10.3. The Morgan fingerprint density at radius 2 is 1.95 bits per heavy atom. The van der Waals surface area contributed by atoms with Gasteiger partial charge in [-0.3, -0.25) is 4.79 Å². The molecule has 3 heterocycles. The summed E-state index contributed by atoms with van der Waals surface area (Å²) in [7, 11) is 1.66. The Hall–Kier alpha value is -2.44. The van der Waals surface area contributed by atoms with Gasteiger partial charge in [0.25, 0.3) is 5.56 Å². The van der Waals surface area contributed by atoms with E-state index in [0.717, 1.165) is 5.39 Å². The second-order valence-electron chi connectivity index (χ2n) is 5.21. The van der Waals surface area contributed by atoms with Crippen LogP contribution in [0.2, 0.25) is 0 Å². The third kappa shape index (κ3) is 2.66. The summed E-state index contributed by atoms with van der Waals surface area (Å²) in [5, 5.41) is 0.801. The maximum Gasteiger partial charge on any atom is 0.405 e. The molecule has 0 aromatic carbocycles. The van der Waals surface area contributed by atoms with Gasteiger partial charge in [0.1, 0.15) is 12.1 Å². The summed E-state index contributed by atoms with van der Waals surface area (Å²) in [6.07, 6.45) is 3.87. The Labute approximate surface area is 124 Å². The third-order valence-electron chi connectivity index (χ3n) is 3.57. The molecule has 0 saturated carbocycles. The van der Waals surface area contributed by atoms with Crippen molar-refractivity contribution in [3.8, 4) is 0 Å². The highest BCUT2D eigenvalue weighted by atomic mass is 19.4. The molecule has 0 aliphatic carbocycles. The van der Waals surface area contributed by atoms with Gasteiger partial charge in [-0.2, -0.15) is 13.2 Å². The number of nitrogens with zero attached hydrogens (tertiary/aromatic N) is 3. The second-order valence-corrected chi connectivity index (χ2v) is 5.21. The number of hydrogen-bond donors (Lipinski definition) is 0. The van der Waals surface area contributed by atoms with Crippen molar-refractivity contribution in [2.24, 2.45) is 7.05 Å². The average Bonchev–Trinajstić information content (AvgIpc) is 2.87. The van der Waals surface area contributed by atoms with E-state index in [-0.39, 0.29) is 12.1 Å². The van der Waals surface area contributed by atoms with Crippen molar-refractivity contribution in [1.29, 1.82) is 0 Å². The molecule has 1 aliphatic rings. The van der Waals surface area contributed by atoms with Crippen LogP contribution in [0.4, 0.5) is 13.2 Å². The van der Waals surface area contributed by atoms with Crippen LogP contribution in [0.5, 0.6) is 0 Å². The van der Waals surface area contributed by atoms with E-state index in [1.807, 2.05) is 12.1 Å². The van der Waals surface area contributed by atoms with Gasteiger partial charge < -0.3 is 14.0 Å². The normalized spacial score (nSPS) is 15.5. The van der Waals surface area contributed by atoms with Crippen LogP contribution in [0.25, 0.3) is 16.6 Å². The van der Waals surface area contributed by atoms with E-state index in [0.29, 0.717) is 11.2 Å². The molecular formula is C15H14F3N3O. The first-order valence-corrected chi connectivity index (χ1v) is 6.71. The molecule has 0 bridgehead atoms. The molecule has 0 spiro atoms. The van der Waals surface area contributed by atoms with E-state index in [9.17, 15) is 18.0 Å². The molecule has 2 aromatic rings. The largest absolute Gasteiger partial charge is 0.405 e. The number of alkyl halides is 3. The predicted octanol–water partition coefficient (Wildman–Crippen LogP) is 2.57. The number of hydrogen-bond acceptors (Lipinski definition) is 2. The Morgan fingerprint density at radius 1 is 1.23 bits per heavy atom. The second kappa shape index (κ2) is 5.08. The number of rotatable bonds is 2. The topological polar surface area (TPSA) is 30.2 Å². The SMILES string of the molecule is Cn1ccc2ccn(C3=CCN(CC(F)(F)F)C=C3)c2c1=O. The summed E-state index contributed by atoms with van der Waals surface area (Å²) in [5.41, 5.74) is 1.07. The Morgan fingerprint density at radius 3 is 2.59 bits per heavy atom. The summed E-state index contributed by atoms with van der Waals surface area (Å²) in [6, 6.07) is 3.64. The van der Waals surface area contributed by atoms with Crippen LogP contribution in [0.15, 0.2) is 47.7 Å². The fourth-order valence-corrected chi connectivity index (χ4v) is 2.50. The molecule has 0 fully saturated rings. The zero-order valence-electron chi connectivity index (χ0n) is 11.8. The molecule has 0 unspecified atom stereocenters. The van der Waals surface area contributed by atoms with Crippen LogP contribution in [0, 0.1) is 0 Å². The van der Waals surface area contributed by atoms with Crippen molar-refractivity contribution in [2.75, 3.05) is 13.1 Å². The van der Waals surface area contributed by atoms with E-state index < -0.39 is 12.7 Å². The minimum atomic E-state index is -4.23. The van der Waals surface area contributed by atoms with Gasteiger partial charge in [-0.1, -0.05) is 0 Å². The van der Waals surface area contributed by atoms with Crippen LogP contribution in [-0.2, 0) is 7.05 Å². The summed E-state index contributed by atoms with van der Waals surface area (Å²) in [4.78, 5) is 13.4. The van der Waals surface area contributed by atoms with Gasteiger partial charge in [-0.25, -0.2) is 0 Å². The highest BCUT2D eigenvalue weighted by molar-refractivity contribution is 5.84. The van der Waals surface area contributed by atoms with Crippen LogP contribution < -0.4 is 5.56 Å². The van der Waals surface area contributed by atoms with Crippen molar-refractivity contribution in [2.45, 2.75) is 6.18 Å². The molecule has 0 amide bonds. The minimum absolute atomic E-state index is 0.144. The number of aryl methyl sites for hydroxylation is 1. The van der Waals surface area contributed by atoms with Crippen molar-refractivity contribution in [3.05, 3.63) is 53.2 Å². The zero-order chi connectivity index (χ0) is 15.9. The first-order valence-electron chi connectivity index (χ1n) is 6.71. The highest BCUT2D eigenvalue weighted by Crippen LogP contribution is 2.22. The lowest BCUT2D eigenvalue weighted by Gasteiger charge is -2.24. The lowest BCUT2D eigenvalue weighted by molar-refractivity contribution is -0.139. The van der Waals surface area contributed by atoms with Gasteiger partial charge in [0.2, 0.25) is 0 Å². The van der Waals surface area contributed by atoms with Gasteiger partial charge in [-0.15, -0.1) is 0 Å². The van der Waals surface area contributed by atoms with Crippen molar-refractivity contribution >= 4 is 16.6 Å². The van der Waals surface area contributed by atoms with Crippen molar-refractivity contribution < 1.29 is 13.2 Å². The van der Waals surface area contributed by atoms with Crippen LogP contribution in [0.3, 0.4) is 0 Å². The third-order valence-corrected chi connectivity index (χ3v) is 3.57. The Balaban J connectivity index is 1.93. The Bertz CT molecular complexity index is 827. The zero-order valence-corrected chi connectivity index (χ0v) is 11.8. The number of pyridine rings is 1. The lowest BCUT2D eigenvalue weighted by Crippen LogP contribution is -2.31. The molecule has 2 aromatic heterocycles. The van der Waals surface area contributed by atoms with Gasteiger partial charge in [0, 0.05) is 43.3 Å². The van der Waals surface area contributed by atoms with Crippen LogP contribution in [-0.4, -0.2) is 33.3 Å². The minimum Gasteiger partial charge on any atom is -0.365 e. The molecule has 7 heteroatoms. The number of fused-ring (bicyclic) bond motifs is 1. The lowest BCUT2D eigenvalue weighted by atomic mass is 10.2. The Kier molecular flexibility index (Phi) is 3.35. The summed E-state index contributed by atoms with van der Waals surface area (Å²) >= 11 is 0. The molecule has 0 saturated heterocycles. The number of aromatic nitrogens is 2. The quantitative estimate of drug-likeness (QED) is 0.853. The average molecular weight is 309 g/mol. The van der Waals surface area contributed by atoms with Crippen LogP contribution >= 0.6 is 0 Å². The standard InChI is InChI=1S/C15H14F3N3O/c1-19-6-2-11-3-9-21(13(11)14(19)22)12-4-7-20(8-5-12)10-15(16,17)18/h2-7,9H,8,10H2,1H3. The molecule has 0 N–H and O–H groups in total. The van der Waals surface area contributed by atoms with Gasteiger partial charge in [-0.05, 0) is 24.3 Å². The first kappa shape index (κ1) is 14.5. The maximum absolute atomic E-state index is 12.4. The van der Waals surface area contributed by atoms with E-state index in [2.05, 4.69) is 0 Å². The highest BCUT2D eigenvalue weighted by Gasteiger charge is 2.29. The number of halogens is 3. The van der Waals surface area contributed by atoms with E-state index in [1.54, 1.807) is 36.2 Å². The summed E-state index contributed by atoms with van der Waals surface area (Å²) < 4.78 is 40.3. The molecule has 4 nitrogen and oxygen atoms in total. The van der Waals surface area contributed by atoms with Gasteiger partial charge in [0.05, 0.1) is 0 Å². The van der Waals surface area contributed by atoms with Gasteiger partial charge >= 0.3 is 6.18 Å². The molecular weight excluding hydrogens is 295 g/mol. The maximum atomic E-state index is 12.4. The number of allylic oxidation sites excluding steroid dienone is 2. The molecule has 116 valence electrons. The van der Waals surface area contributed by atoms with Crippen molar-refractivity contribution in [3.63, 3.8) is 0 Å². The van der Waals surface area contributed by atoms with E-state index in [1.165, 1.54) is 15.7 Å². The molecule has 22 heavy (non-hydrogen) atoms. The predicted molar refractivity (Wildman–Crippen MR) is 78.2 cm³/mol. The molecule has 0 radical (unpaired) electrons. The van der Waals surface area contributed by atoms with Gasteiger partial charge in [0.15, 0.2) is 0 Å². The van der Waals surface area contributed by atoms with Crippen molar-refractivity contribution in [1.82, 2.24) is 14.0 Å². The van der Waals surface area contributed by atoms with Crippen LogP contribution in [0.1, 0.15) is 0 Å². The fraction of sp³-hybridized carbons (Fsp3) is 0.267. The van der Waals surface area contributed by atoms with E-state index >= 15 is 0 Å². The van der Waals surface area contributed by atoms with E-state index in [4.69, 9.17) is 0 Å². The smallest absolute Gasteiger partial charge is 0.365 e. The fourth-order valence-electron chi connectivity index (χ4n) is 2.50. The summed E-state index contributed by atoms with van der Waals surface area (Å²) in [6.45, 7) is -0.834. The molecule has 1 aliphatic heterocycles. The monoisotopic (exact) mass is 309 g/mol. The molecule has 3 rings (SSSR count). The molecule has 0 atom stereocenters.